The standard InChI is InChI=1S/C7H16BrNO2S/c1-6(2)5-12(10,11)9-7(3)4-8/h6-7,9H,4-5H2,1-3H3. The van der Waals surface area contributed by atoms with Gasteiger partial charge in [-0.3, -0.25) is 0 Å². The van der Waals surface area contributed by atoms with Crippen LogP contribution in [-0.2, 0) is 10.0 Å². The van der Waals surface area contributed by atoms with Crippen LogP contribution >= 0.6 is 15.9 Å². The first kappa shape index (κ1) is 12.4. The minimum absolute atomic E-state index is 0.0336. The van der Waals surface area contributed by atoms with Crippen LogP contribution in [-0.4, -0.2) is 25.5 Å². The molecule has 1 N–H and O–H groups in total. The van der Waals surface area contributed by atoms with Crippen LogP contribution in [0.3, 0.4) is 0 Å². The summed E-state index contributed by atoms with van der Waals surface area (Å²) in [7, 11) is -3.07. The maximum atomic E-state index is 11.3. The molecule has 0 radical (unpaired) electrons. The fourth-order valence-corrected chi connectivity index (χ4v) is 2.87. The first-order valence-electron chi connectivity index (χ1n) is 3.93. The van der Waals surface area contributed by atoms with E-state index in [1.54, 1.807) is 0 Å². The molecule has 0 rings (SSSR count). The normalized spacial score (nSPS) is 15.1. The van der Waals surface area contributed by atoms with Crippen molar-refractivity contribution in [3.63, 3.8) is 0 Å². The Kier molecular flexibility index (Phi) is 5.36. The molecule has 0 aromatic heterocycles. The third-order valence-electron chi connectivity index (χ3n) is 1.16. The van der Waals surface area contributed by atoms with Gasteiger partial charge in [-0.05, 0) is 12.8 Å². The smallest absolute Gasteiger partial charge is 0.212 e. The molecule has 0 heterocycles. The van der Waals surface area contributed by atoms with Crippen molar-refractivity contribution < 1.29 is 8.42 Å². The fraction of sp³-hybridized carbons (Fsp3) is 1.00. The summed E-state index contributed by atoms with van der Waals surface area (Å²) in [6, 6.07) is -0.0336. The van der Waals surface area contributed by atoms with Gasteiger partial charge in [0, 0.05) is 11.4 Å². The summed E-state index contributed by atoms with van der Waals surface area (Å²) in [5.74, 6) is 0.370. The zero-order valence-electron chi connectivity index (χ0n) is 7.67. The molecule has 0 aliphatic carbocycles. The number of alkyl halides is 1. The highest BCUT2D eigenvalue weighted by Gasteiger charge is 2.14. The van der Waals surface area contributed by atoms with Gasteiger partial charge in [0.25, 0.3) is 0 Å². The summed E-state index contributed by atoms with van der Waals surface area (Å²) in [5.41, 5.74) is 0. The summed E-state index contributed by atoms with van der Waals surface area (Å²) in [6.07, 6.45) is 0. The largest absolute Gasteiger partial charge is 0.212 e. The Balaban J connectivity index is 4.05. The minimum atomic E-state index is -3.07. The molecule has 0 saturated carbocycles. The van der Waals surface area contributed by atoms with E-state index in [2.05, 4.69) is 20.7 Å². The Morgan fingerprint density at radius 1 is 1.33 bits per heavy atom. The van der Waals surface area contributed by atoms with Gasteiger partial charge in [-0.15, -0.1) is 0 Å². The minimum Gasteiger partial charge on any atom is -0.212 e. The number of hydrogen-bond acceptors (Lipinski definition) is 2. The molecular formula is C7H16BrNO2S. The van der Waals surface area contributed by atoms with E-state index in [1.165, 1.54) is 0 Å². The van der Waals surface area contributed by atoms with Crippen molar-refractivity contribution in [3.8, 4) is 0 Å². The molecule has 1 atom stereocenters. The molecular weight excluding hydrogens is 242 g/mol. The zero-order chi connectivity index (χ0) is 9.78. The van der Waals surface area contributed by atoms with Crippen molar-refractivity contribution in [2.75, 3.05) is 11.1 Å². The van der Waals surface area contributed by atoms with Gasteiger partial charge in [-0.25, -0.2) is 13.1 Å². The van der Waals surface area contributed by atoms with Gasteiger partial charge >= 0.3 is 0 Å². The highest BCUT2D eigenvalue weighted by atomic mass is 79.9. The van der Waals surface area contributed by atoms with Crippen LogP contribution < -0.4 is 4.72 Å². The van der Waals surface area contributed by atoms with Crippen LogP contribution in [0.15, 0.2) is 0 Å². The number of nitrogens with one attached hydrogen (secondary N) is 1. The fourth-order valence-electron chi connectivity index (χ4n) is 0.825. The van der Waals surface area contributed by atoms with E-state index in [0.717, 1.165) is 0 Å². The molecule has 3 nitrogen and oxygen atoms in total. The van der Waals surface area contributed by atoms with Gasteiger partial charge in [0.1, 0.15) is 0 Å². The number of halogens is 1. The van der Waals surface area contributed by atoms with Crippen molar-refractivity contribution in [1.29, 1.82) is 0 Å². The maximum Gasteiger partial charge on any atom is 0.212 e. The molecule has 0 bridgehead atoms. The van der Waals surface area contributed by atoms with Crippen LogP contribution in [0.4, 0.5) is 0 Å². The Hall–Kier alpha value is 0.390. The molecule has 1 unspecified atom stereocenters. The lowest BCUT2D eigenvalue weighted by atomic mass is 10.3. The van der Waals surface area contributed by atoms with Gasteiger partial charge in [0.15, 0.2) is 0 Å². The predicted octanol–water partition coefficient (Wildman–Crippen LogP) is 1.35. The molecule has 0 spiro atoms. The van der Waals surface area contributed by atoms with E-state index in [-0.39, 0.29) is 17.7 Å². The third-order valence-corrected chi connectivity index (χ3v) is 4.00. The van der Waals surface area contributed by atoms with E-state index in [9.17, 15) is 8.42 Å². The van der Waals surface area contributed by atoms with E-state index < -0.39 is 10.0 Å². The monoisotopic (exact) mass is 257 g/mol. The van der Waals surface area contributed by atoms with Crippen LogP contribution in [0.25, 0.3) is 0 Å². The molecule has 0 aromatic carbocycles. The second kappa shape index (κ2) is 5.19. The molecule has 5 heteroatoms. The van der Waals surface area contributed by atoms with E-state index in [1.807, 2.05) is 20.8 Å². The average Bonchev–Trinajstić information content (AvgIpc) is 1.83. The zero-order valence-corrected chi connectivity index (χ0v) is 10.1. The molecule has 0 aliphatic heterocycles. The first-order valence-corrected chi connectivity index (χ1v) is 6.70. The number of sulfonamides is 1. The summed E-state index contributed by atoms with van der Waals surface area (Å²) in [6.45, 7) is 5.60. The van der Waals surface area contributed by atoms with Crippen LogP contribution in [0.1, 0.15) is 20.8 Å². The van der Waals surface area contributed by atoms with Gasteiger partial charge in [-0.1, -0.05) is 29.8 Å². The highest BCUT2D eigenvalue weighted by molar-refractivity contribution is 9.09. The lowest BCUT2D eigenvalue weighted by molar-refractivity contribution is 0.559. The van der Waals surface area contributed by atoms with Gasteiger partial charge in [-0.2, -0.15) is 0 Å². The number of rotatable bonds is 5. The van der Waals surface area contributed by atoms with E-state index in [0.29, 0.717) is 5.33 Å². The molecule has 0 fully saturated rings. The Bertz CT molecular complexity index is 213. The molecule has 74 valence electrons. The maximum absolute atomic E-state index is 11.3. The Morgan fingerprint density at radius 3 is 2.17 bits per heavy atom. The SMILES string of the molecule is CC(C)CS(=O)(=O)NC(C)CBr. The Labute approximate surface area is 83.1 Å². The molecule has 0 aromatic rings. The summed E-state index contributed by atoms with van der Waals surface area (Å²) in [5, 5.41) is 0.643. The lowest BCUT2D eigenvalue weighted by Crippen LogP contribution is -2.36. The highest BCUT2D eigenvalue weighted by Crippen LogP contribution is 1.99. The van der Waals surface area contributed by atoms with Crippen molar-refractivity contribution in [2.45, 2.75) is 26.8 Å². The van der Waals surface area contributed by atoms with Crippen LogP contribution in [0.5, 0.6) is 0 Å². The second-order valence-electron chi connectivity index (χ2n) is 3.35. The number of hydrogen-bond donors (Lipinski definition) is 1. The topological polar surface area (TPSA) is 46.2 Å². The van der Waals surface area contributed by atoms with Crippen molar-refractivity contribution in [2.24, 2.45) is 5.92 Å². The third kappa shape index (κ3) is 5.97. The van der Waals surface area contributed by atoms with Crippen LogP contribution in [0, 0.1) is 5.92 Å². The second-order valence-corrected chi connectivity index (χ2v) is 5.79. The van der Waals surface area contributed by atoms with E-state index >= 15 is 0 Å². The van der Waals surface area contributed by atoms with Crippen molar-refractivity contribution in [1.82, 2.24) is 4.72 Å². The predicted molar refractivity (Wildman–Crippen MR) is 55.0 cm³/mol. The summed E-state index contributed by atoms with van der Waals surface area (Å²) < 4.78 is 25.1. The lowest BCUT2D eigenvalue weighted by Gasteiger charge is -2.12. The first-order chi connectivity index (χ1) is 5.37. The molecule has 0 saturated heterocycles. The van der Waals surface area contributed by atoms with Crippen LogP contribution in [0.2, 0.25) is 0 Å². The summed E-state index contributed by atoms with van der Waals surface area (Å²) >= 11 is 3.21. The summed E-state index contributed by atoms with van der Waals surface area (Å²) in [4.78, 5) is 0. The quantitative estimate of drug-likeness (QED) is 0.756. The van der Waals surface area contributed by atoms with Crippen molar-refractivity contribution >= 4 is 26.0 Å². The van der Waals surface area contributed by atoms with Gasteiger partial charge < -0.3 is 0 Å². The average molecular weight is 258 g/mol. The molecule has 0 aliphatic rings. The molecule has 0 amide bonds. The van der Waals surface area contributed by atoms with Crippen molar-refractivity contribution in [3.05, 3.63) is 0 Å². The molecule has 12 heavy (non-hydrogen) atoms. The Morgan fingerprint density at radius 2 is 1.83 bits per heavy atom. The van der Waals surface area contributed by atoms with E-state index in [4.69, 9.17) is 0 Å². The van der Waals surface area contributed by atoms with Gasteiger partial charge in [0.2, 0.25) is 10.0 Å². The van der Waals surface area contributed by atoms with Gasteiger partial charge in [0.05, 0.1) is 5.75 Å².